The number of carboxylic acids is 1. The fourth-order valence-electron chi connectivity index (χ4n) is 8.62. The summed E-state index contributed by atoms with van der Waals surface area (Å²) in [5, 5.41) is 10.5. The van der Waals surface area contributed by atoms with Crippen molar-refractivity contribution >= 4 is 18.0 Å². The van der Waals surface area contributed by atoms with Crippen LogP contribution in [-0.2, 0) is 14.3 Å². The van der Waals surface area contributed by atoms with Crippen LogP contribution in [0.15, 0.2) is 48.6 Å². The van der Waals surface area contributed by atoms with E-state index in [1.54, 1.807) is 6.08 Å². The topological polar surface area (TPSA) is 63.6 Å². The zero-order chi connectivity index (χ0) is 23.4. The molecular formula is C29H36O4. The SMILES string of the molecule is C=C1C[C@]23CC[C@@H]4[C@](C)(CC[C@@H](OC(=O)/C=C/c5ccccc5)[C@]4(C)C(=O)O)[C@H]2CC[C@@H]1C3. The molecule has 4 saturated carbocycles. The number of carbonyl (C=O) groups excluding carboxylic acids is 1. The number of carbonyl (C=O) groups is 2. The number of aliphatic carboxylic acids is 1. The summed E-state index contributed by atoms with van der Waals surface area (Å²) < 4.78 is 5.88. The van der Waals surface area contributed by atoms with E-state index in [0.717, 1.165) is 31.2 Å². The van der Waals surface area contributed by atoms with E-state index in [9.17, 15) is 14.7 Å². The Hall–Kier alpha value is -2.36. The second-order valence-electron chi connectivity index (χ2n) is 11.6. The summed E-state index contributed by atoms with van der Waals surface area (Å²) >= 11 is 0. The Morgan fingerprint density at radius 1 is 1.06 bits per heavy atom. The molecule has 0 saturated heterocycles. The normalized spacial score (nSPS) is 41.9. The van der Waals surface area contributed by atoms with Crippen molar-refractivity contribution < 1.29 is 19.4 Å². The maximum Gasteiger partial charge on any atom is 0.331 e. The van der Waals surface area contributed by atoms with Gasteiger partial charge in [0, 0.05) is 6.08 Å². The monoisotopic (exact) mass is 448 g/mol. The molecule has 4 fully saturated rings. The molecule has 176 valence electrons. The van der Waals surface area contributed by atoms with Crippen LogP contribution in [0.5, 0.6) is 0 Å². The second kappa shape index (κ2) is 7.85. The molecule has 1 spiro atoms. The van der Waals surface area contributed by atoms with E-state index in [1.807, 2.05) is 37.3 Å². The Balaban J connectivity index is 1.39. The molecule has 4 nitrogen and oxygen atoms in total. The third kappa shape index (κ3) is 3.40. The molecule has 0 unspecified atom stereocenters. The molecule has 0 aliphatic heterocycles. The smallest absolute Gasteiger partial charge is 0.331 e. The van der Waals surface area contributed by atoms with Gasteiger partial charge in [-0.3, -0.25) is 4.79 Å². The molecule has 2 bridgehead atoms. The quantitative estimate of drug-likeness (QED) is 0.335. The average molecular weight is 449 g/mol. The molecule has 4 aliphatic carbocycles. The first-order valence-electron chi connectivity index (χ1n) is 12.5. The number of hydrogen-bond acceptors (Lipinski definition) is 3. The molecule has 1 N–H and O–H groups in total. The Morgan fingerprint density at radius 3 is 2.55 bits per heavy atom. The minimum Gasteiger partial charge on any atom is -0.481 e. The van der Waals surface area contributed by atoms with Crippen LogP contribution < -0.4 is 0 Å². The summed E-state index contributed by atoms with van der Waals surface area (Å²) in [5.74, 6) is -0.0785. The first-order valence-corrected chi connectivity index (χ1v) is 12.5. The van der Waals surface area contributed by atoms with Gasteiger partial charge in [0.1, 0.15) is 11.5 Å². The molecule has 4 aliphatic rings. The lowest BCUT2D eigenvalue weighted by Crippen LogP contribution is -2.63. The van der Waals surface area contributed by atoms with E-state index in [-0.39, 0.29) is 11.3 Å². The molecule has 0 aromatic heterocycles. The number of benzene rings is 1. The van der Waals surface area contributed by atoms with Crippen LogP contribution in [0.2, 0.25) is 0 Å². The number of esters is 1. The molecular weight excluding hydrogens is 412 g/mol. The van der Waals surface area contributed by atoms with Gasteiger partial charge in [-0.2, -0.15) is 0 Å². The van der Waals surface area contributed by atoms with E-state index in [0.29, 0.717) is 23.7 Å². The maximum absolute atomic E-state index is 12.8. The van der Waals surface area contributed by atoms with E-state index in [2.05, 4.69) is 13.5 Å². The van der Waals surface area contributed by atoms with Crippen LogP contribution in [0.25, 0.3) is 6.08 Å². The minimum absolute atomic E-state index is 0.00759. The van der Waals surface area contributed by atoms with Gasteiger partial charge >= 0.3 is 11.9 Å². The maximum atomic E-state index is 12.8. The highest BCUT2D eigenvalue weighted by molar-refractivity contribution is 5.87. The van der Waals surface area contributed by atoms with Gasteiger partial charge in [0.2, 0.25) is 0 Å². The van der Waals surface area contributed by atoms with Gasteiger partial charge in [0.15, 0.2) is 0 Å². The van der Waals surface area contributed by atoms with Crippen molar-refractivity contribution in [1.29, 1.82) is 0 Å². The summed E-state index contributed by atoms with van der Waals surface area (Å²) in [4.78, 5) is 25.5. The van der Waals surface area contributed by atoms with Gasteiger partial charge in [-0.05, 0) is 98.5 Å². The van der Waals surface area contributed by atoms with Crippen molar-refractivity contribution in [2.45, 2.75) is 71.3 Å². The van der Waals surface area contributed by atoms with Crippen molar-refractivity contribution in [2.24, 2.45) is 34.0 Å². The van der Waals surface area contributed by atoms with Crippen LogP contribution in [0.3, 0.4) is 0 Å². The molecule has 0 radical (unpaired) electrons. The average Bonchev–Trinajstić information content (AvgIpc) is 3.02. The van der Waals surface area contributed by atoms with Crippen molar-refractivity contribution in [3.05, 3.63) is 54.1 Å². The second-order valence-corrected chi connectivity index (χ2v) is 11.6. The molecule has 0 amide bonds. The van der Waals surface area contributed by atoms with Gasteiger partial charge in [-0.25, -0.2) is 4.79 Å². The number of allylic oxidation sites excluding steroid dienone is 1. The highest BCUT2D eigenvalue weighted by Crippen LogP contribution is 2.72. The lowest BCUT2D eigenvalue weighted by Gasteiger charge is -2.64. The standard InChI is InChI=1S/C29H36O4/c1-19-17-29-16-13-22-27(2,23(29)11-10-21(19)18-29)15-14-24(28(22,3)26(31)32)33-25(30)12-9-20-7-5-4-6-8-20/h4-9,12,21-24H,1,10-11,13-18H2,2-3H3,(H,31,32)/b12-9+/t21-,22-,23-,24-,27+,28-,29+/m1/s1. The zero-order valence-electron chi connectivity index (χ0n) is 19.9. The van der Waals surface area contributed by atoms with Crippen molar-refractivity contribution in [1.82, 2.24) is 0 Å². The highest BCUT2D eigenvalue weighted by atomic mass is 16.5. The van der Waals surface area contributed by atoms with E-state index in [1.165, 1.54) is 30.9 Å². The van der Waals surface area contributed by atoms with Crippen LogP contribution in [0.1, 0.15) is 70.8 Å². The zero-order valence-corrected chi connectivity index (χ0v) is 19.9. The van der Waals surface area contributed by atoms with Crippen LogP contribution in [0.4, 0.5) is 0 Å². The van der Waals surface area contributed by atoms with Crippen LogP contribution >= 0.6 is 0 Å². The largest absolute Gasteiger partial charge is 0.481 e. The van der Waals surface area contributed by atoms with E-state index in [4.69, 9.17) is 4.74 Å². The van der Waals surface area contributed by atoms with Gasteiger partial charge in [0.05, 0.1) is 0 Å². The van der Waals surface area contributed by atoms with Crippen LogP contribution in [0, 0.1) is 34.0 Å². The number of fused-ring (bicyclic) bond motifs is 3. The Morgan fingerprint density at radius 2 is 1.82 bits per heavy atom. The number of carboxylic acid groups (broad SMARTS) is 1. The predicted octanol–water partition coefficient (Wildman–Crippen LogP) is 6.28. The first-order chi connectivity index (χ1) is 15.7. The fraction of sp³-hybridized carbons (Fsp3) is 0.586. The summed E-state index contributed by atoms with van der Waals surface area (Å²) in [5.41, 5.74) is 1.54. The number of ether oxygens (including phenoxy) is 1. The van der Waals surface area contributed by atoms with Crippen LogP contribution in [-0.4, -0.2) is 23.1 Å². The van der Waals surface area contributed by atoms with Gasteiger partial charge in [-0.1, -0.05) is 49.4 Å². The fourth-order valence-corrected chi connectivity index (χ4v) is 8.62. The van der Waals surface area contributed by atoms with Crippen molar-refractivity contribution in [3.8, 4) is 0 Å². The molecule has 7 atom stereocenters. The van der Waals surface area contributed by atoms with Gasteiger partial charge in [0.25, 0.3) is 0 Å². The highest BCUT2D eigenvalue weighted by Gasteiger charge is 2.67. The first kappa shape index (κ1) is 22.4. The molecule has 0 heterocycles. The molecule has 1 aromatic carbocycles. The van der Waals surface area contributed by atoms with Crippen molar-refractivity contribution in [2.75, 3.05) is 0 Å². The Labute approximate surface area is 197 Å². The predicted molar refractivity (Wildman–Crippen MR) is 128 cm³/mol. The third-order valence-electron chi connectivity index (χ3n) is 10.1. The Kier molecular flexibility index (Phi) is 5.34. The van der Waals surface area contributed by atoms with E-state index < -0.39 is 23.5 Å². The van der Waals surface area contributed by atoms with Gasteiger partial charge < -0.3 is 9.84 Å². The Bertz CT molecular complexity index is 996. The number of hydrogen-bond donors (Lipinski definition) is 1. The van der Waals surface area contributed by atoms with E-state index >= 15 is 0 Å². The summed E-state index contributed by atoms with van der Waals surface area (Å²) in [7, 11) is 0. The summed E-state index contributed by atoms with van der Waals surface area (Å²) in [6, 6.07) is 9.59. The number of rotatable bonds is 4. The molecule has 4 heteroatoms. The lowest BCUT2D eigenvalue weighted by molar-refractivity contribution is -0.211. The molecule has 1 aromatic rings. The minimum atomic E-state index is -1.07. The van der Waals surface area contributed by atoms with Gasteiger partial charge in [-0.15, -0.1) is 0 Å². The van der Waals surface area contributed by atoms with Crippen molar-refractivity contribution in [3.63, 3.8) is 0 Å². The third-order valence-corrected chi connectivity index (χ3v) is 10.1. The molecule has 5 rings (SSSR count). The molecule has 33 heavy (non-hydrogen) atoms. The summed E-state index contributed by atoms with van der Waals surface area (Å²) in [6.45, 7) is 8.58. The summed E-state index contributed by atoms with van der Waals surface area (Å²) in [6.07, 6.45) is 10.8. The lowest BCUT2D eigenvalue weighted by atomic mass is 9.40.